The van der Waals surface area contributed by atoms with E-state index in [1.54, 1.807) is 30.5 Å². The number of para-hydroxylation sites is 1. The maximum Gasteiger partial charge on any atom is 0.255 e. The highest BCUT2D eigenvalue weighted by atomic mass is 79.9. The first kappa shape index (κ1) is 17.7. The van der Waals surface area contributed by atoms with Crippen LogP contribution in [0.2, 0.25) is 0 Å². The lowest BCUT2D eigenvalue weighted by Gasteiger charge is -2.37. The van der Waals surface area contributed by atoms with Gasteiger partial charge in [-0.2, -0.15) is 4.98 Å². The van der Waals surface area contributed by atoms with Gasteiger partial charge in [-0.3, -0.25) is 9.78 Å². The Morgan fingerprint density at radius 2 is 2.15 bits per heavy atom. The molecule has 1 amide bonds. The van der Waals surface area contributed by atoms with Crippen LogP contribution < -0.4 is 4.74 Å². The van der Waals surface area contributed by atoms with Gasteiger partial charge in [-0.25, -0.2) is 0 Å². The lowest BCUT2D eigenvalue weighted by atomic mass is 9.99. The van der Waals surface area contributed by atoms with Gasteiger partial charge in [0.1, 0.15) is 5.75 Å². The van der Waals surface area contributed by atoms with E-state index in [0.29, 0.717) is 36.8 Å². The molecule has 0 spiro atoms. The average molecular weight is 429 g/mol. The molecular formula is C19H17BrN4O3. The topological polar surface area (TPSA) is 81.4 Å². The molecule has 138 valence electrons. The van der Waals surface area contributed by atoms with Crippen LogP contribution in [-0.2, 0) is 6.42 Å². The van der Waals surface area contributed by atoms with E-state index in [0.717, 1.165) is 15.8 Å². The average Bonchev–Trinajstić information content (AvgIpc) is 3.09. The van der Waals surface area contributed by atoms with E-state index >= 15 is 0 Å². The van der Waals surface area contributed by atoms with Gasteiger partial charge >= 0.3 is 0 Å². The summed E-state index contributed by atoms with van der Waals surface area (Å²) in [6, 6.07) is 9.52. The molecule has 8 heteroatoms. The summed E-state index contributed by atoms with van der Waals surface area (Å²) in [6.07, 6.45) is 3.75. The number of amides is 1. The predicted molar refractivity (Wildman–Crippen MR) is 101 cm³/mol. The first-order valence-electron chi connectivity index (χ1n) is 8.48. The van der Waals surface area contributed by atoms with E-state index in [2.05, 4.69) is 31.1 Å². The maximum atomic E-state index is 12.5. The summed E-state index contributed by atoms with van der Waals surface area (Å²) < 4.78 is 11.5. The number of aromatic nitrogens is 3. The van der Waals surface area contributed by atoms with E-state index in [-0.39, 0.29) is 11.8 Å². The van der Waals surface area contributed by atoms with Crippen LogP contribution >= 0.6 is 15.9 Å². The zero-order chi connectivity index (χ0) is 18.8. The molecule has 0 unspecified atom stereocenters. The summed E-state index contributed by atoms with van der Waals surface area (Å²) in [5.41, 5.74) is 1.56. The number of carbonyl (C=O) groups is 1. The fraction of sp³-hybridized carbons (Fsp3) is 0.263. The molecule has 0 saturated carbocycles. The van der Waals surface area contributed by atoms with Gasteiger partial charge < -0.3 is 14.2 Å². The fourth-order valence-electron chi connectivity index (χ4n) is 3.04. The highest BCUT2D eigenvalue weighted by Crippen LogP contribution is 2.28. The van der Waals surface area contributed by atoms with Crippen molar-refractivity contribution in [1.82, 2.24) is 20.0 Å². The van der Waals surface area contributed by atoms with E-state index in [9.17, 15) is 4.79 Å². The maximum absolute atomic E-state index is 12.5. The fourth-order valence-corrected chi connectivity index (χ4v) is 3.40. The molecule has 2 aromatic heterocycles. The van der Waals surface area contributed by atoms with Crippen LogP contribution in [0.5, 0.6) is 5.75 Å². The van der Waals surface area contributed by atoms with Crippen LogP contribution in [0, 0.1) is 0 Å². The third kappa shape index (κ3) is 3.71. The minimum atomic E-state index is -0.0474. The number of benzene rings is 1. The molecule has 0 bridgehead atoms. The number of halogens is 1. The number of nitrogens with zero attached hydrogens (tertiary/aromatic N) is 4. The Morgan fingerprint density at radius 3 is 2.93 bits per heavy atom. The number of hydrogen-bond donors (Lipinski definition) is 0. The van der Waals surface area contributed by atoms with Crippen LogP contribution in [0.3, 0.4) is 0 Å². The molecule has 1 aromatic carbocycles. The summed E-state index contributed by atoms with van der Waals surface area (Å²) in [5.74, 6) is 1.99. The summed E-state index contributed by atoms with van der Waals surface area (Å²) in [4.78, 5) is 22.7. The van der Waals surface area contributed by atoms with E-state index in [1.165, 1.54) is 0 Å². The van der Waals surface area contributed by atoms with Crippen LogP contribution in [0.25, 0.3) is 0 Å². The molecule has 1 fully saturated rings. The monoisotopic (exact) mass is 428 g/mol. The second-order valence-electron chi connectivity index (χ2n) is 6.34. The third-order valence-corrected chi connectivity index (χ3v) is 4.93. The lowest BCUT2D eigenvalue weighted by molar-refractivity contribution is 0.0568. The standard InChI is InChI=1S/C19H17BrN4O3/c1-26-16-5-3-2-4-12(16)7-17-22-18(27-23-17)14-10-24(11-14)19(25)13-6-15(20)9-21-8-13/h2-6,8-9,14H,7,10-11H2,1H3. The minimum Gasteiger partial charge on any atom is -0.496 e. The number of likely N-dealkylation sites (tertiary alicyclic amines) is 1. The van der Waals surface area contributed by atoms with Crippen molar-refractivity contribution in [2.24, 2.45) is 0 Å². The SMILES string of the molecule is COc1ccccc1Cc1noc(C2CN(C(=O)c3cncc(Br)c3)C2)n1. The van der Waals surface area contributed by atoms with Gasteiger partial charge in [0.05, 0.1) is 18.6 Å². The lowest BCUT2D eigenvalue weighted by Crippen LogP contribution is -2.48. The number of ether oxygens (including phenoxy) is 1. The first-order chi connectivity index (χ1) is 13.1. The Labute approximate surface area is 164 Å². The van der Waals surface area contributed by atoms with Crippen LogP contribution in [0.4, 0.5) is 0 Å². The zero-order valence-corrected chi connectivity index (χ0v) is 16.2. The highest BCUT2D eigenvalue weighted by Gasteiger charge is 2.36. The molecule has 4 rings (SSSR count). The Bertz CT molecular complexity index is 969. The first-order valence-corrected chi connectivity index (χ1v) is 9.27. The second-order valence-corrected chi connectivity index (χ2v) is 7.25. The van der Waals surface area contributed by atoms with Crippen LogP contribution in [0.1, 0.15) is 33.6 Å². The highest BCUT2D eigenvalue weighted by molar-refractivity contribution is 9.10. The van der Waals surface area contributed by atoms with Crippen molar-refractivity contribution < 1.29 is 14.1 Å². The van der Waals surface area contributed by atoms with E-state index in [4.69, 9.17) is 9.26 Å². The van der Waals surface area contributed by atoms with Crippen molar-refractivity contribution in [3.8, 4) is 5.75 Å². The van der Waals surface area contributed by atoms with Crippen molar-refractivity contribution in [1.29, 1.82) is 0 Å². The van der Waals surface area contributed by atoms with E-state index in [1.807, 2.05) is 24.3 Å². The van der Waals surface area contributed by atoms with Gasteiger partial charge in [0.15, 0.2) is 5.82 Å². The molecule has 0 N–H and O–H groups in total. The molecule has 1 aliphatic rings. The Kier molecular flexibility index (Phi) is 4.89. The predicted octanol–water partition coefficient (Wildman–Crippen LogP) is 3.07. The molecule has 3 heterocycles. The van der Waals surface area contributed by atoms with Crippen LogP contribution in [0.15, 0.2) is 51.7 Å². The van der Waals surface area contributed by atoms with Gasteiger partial charge in [0.2, 0.25) is 5.89 Å². The Hall–Kier alpha value is -2.74. The van der Waals surface area contributed by atoms with Gasteiger partial charge in [-0.1, -0.05) is 23.4 Å². The number of pyridine rings is 1. The summed E-state index contributed by atoms with van der Waals surface area (Å²) in [6.45, 7) is 1.11. The molecule has 3 aromatic rings. The van der Waals surface area contributed by atoms with Gasteiger partial charge in [0, 0.05) is 41.9 Å². The molecule has 27 heavy (non-hydrogen) atoms. The quantitative estimate of drug-likeness (QED) is 0.620. The Morgan fingerprint density at radius 1 is 1.33 bits per heavy atom. The summed E-state index contributed by atoms with van der Waals surface area (Å²) >= 11 is 3.33. The molecule has 1 saturated heterocycles. The number of rotatable bonds is 5. The van der Waals surface area contributed by atoms with Gasteiger partial charge in [-0.15, -0.1) is 0 Å². The molecule has 1 aliphatic heterocycles. The van der Waals surface area contributed by atoms with Gasteiger partial charge in [-0.05, 0) is 28.1 Å². The number of hydrogen-bond acceptors (Lipinski definition) is 6. The molecule has 0 atom stereocenters. The van der Waals surface area contributed by atoms with Crippen molar-refractivity contribution in [3.05, 3.63) is 70.0 Å². The smallest absolute Gasteiger partial charge is 0.255 e. The second kappa shape index (κ2) is 7.48. The minimum absolute atomic E-state index is 0.0474. The van der Waals surface area contributed by atoms with Crippen molar-refractivity contribution in [2.75, 3.05) is 20.2 Å². The zero-order valence-electron chi connectivity index (χ0n) is 14.6. The van der Waals surface area contributed by atoms with Crippen molar-refractivity contribution in [2.45, 2.75) is 12.3 Å². The number of carbonyl (C=O) groups excluding carboxylic acids is 1. The largest absolute Gasteiger partial charge is 0.496 e. The van der Waals surface area contributed by atoms with E-state index < -0.39 is 0 Å². The summed E-state index contributed by atoms with van der Waals surface area (Å²) in [5, 5.41) is 4.07. The van der Waals surface area contributed by atoms with Crippen molar-refractivity contribution >= 4 is 21.8 Å². The third-order valence-electron chi connectivity index (χ3n) is 4.49. The van der Waals surface area contributed by atoms with Gasteiger partial charge in [0.25, 0.3) is 5.91 Å². The molecule has 0 radical (unpaired) electrons. The molecule has 0 aliphatic carbocycles. The van der Waals surface area contributed by atoms with Crippen LogP contribution in [-0.4, -0.2) is 46.1 Å². The molecular weight excluding hydrogens is 412 g/mol. The normalized spacial score (nSPS) is 14.1. The molecule has 7 nitrogen and oxygen atoms in total. The Balaban J connectivity index is 1.38. The van der Waals surface area contributed by atoms with Crippen molar-refractivity contribution in [3.63, 3.8) is 0 Å². The number of methoxy groups -OCH3 is 1. The summed E-state index contributed by atoms with van der Waals surface area (Å²) in [7, 11) is 1.64.